The number of benzene rings is 3. The van der Waals surface area contributed by atoms with Gasteiger partial charge >= 0.3 is 0 Å². The summed E-state index contributed by atoms with van der Waals surface area (Å²) in [5.41, 5.74) is 1.66. The molecule has 0 saturated carbocycles. The van der Waals surface area contributed by atoms with Crippen LogP contribution in [-0.2, 0) is 10.0 Å². The molecule has 0 fully saturated rings. The number of nitrogens with zero attached hydrogens (tertiary/aromatic N) is 2. The number of rotatable bonds is 2. The number of hydrogen-bond acceptors (Lipinski definition) is 5. The summed E-state index contributed by atoms with van der Waals surface area (Å²) in [6.07, 6.45) is 1.51. The first-order chi connectivity index (χ1) is 15.5. The van der Waals surface area contributed by atoms with E-state index in [2.05, 4.69) is 4.98 Å². The standard InChI is InChI=1S/C25H14N2O4S/c28-23-16-9-4-5-10-17(16)24(29)22-18(23)12-13-20-21(22)19-11-6-14-26-25(19)27(20)32(30,31)15-7-2-1-3-8-15/h1-14H. The molecular formula is C25H14N2O4S. The lowest BCUT2D eigenvalue weighted by Gasteiger charge is -2.18. The van der Waals surface area contributed by atoms with Crippen molar-refractivity contribution in [1.29, 1.82) is 0 Å². The van der Waals surface area contributed by atoms with Crippen LogP contribution in [0.3, 0.4) is 0 Å². The van der Waals surface area contributed by atoms with Crippen molar-refractivity contribution in [1.82, 2.24) is 8.96 Å². The predicted molar refractivity (Wildman–Crippen MR) is 120 cm³/mol. The van der Waals surface area contributed by atoms with Gasteiger partial charge < -0.3 is 0 Å². The van der Waals surface area contributed by atoms with Crippen LogP contribution in [0.1, 0.15) is 31.8 Å². The van der Waals surface area contributed by atoms with E-state index >= 15 is 0 Å². The number of hydrogen-bond donors (Lipinski definition) is 0. The molecule has 0 unspecified atom stereocenters. The molecule has 154 valence electrons. The third-order valence-electron chi connectivity index (χ3n) is 5.82. The zero-order valence-corrected chi connectivity index (χ0v) is 17.3. The minimum absolute atomic E-state index is 0.106. The molecule has 1 aliphatic rings. The Hall–Kier alpha value is -4.10. The van der Waals surface area contributed by atoms with Gasteiger partial charge in [-0.05, 0) is 36.4 Å². The number of carbonyl (C=O) groups is 2. The van der Waals surface area contributed by atoms with E-state index in [0.29, 0.717) is 27.4 Å². The van der Waals surface area contributed by atoms with Gasteiger partial charge in [-0.2, -0.15) is 0 Å². The quantitative estimate of drug-likeness (QED) is 0.404. The molecule has 0 saturated heterocycles. The van der Waals surface area contributed by atoms with E-state index in [0.717, 1.165) is 3.97 Å². The van der Waals surface area contributed by atoms with Crippen LogP contribution in [0.25, 0.3) is 21.9 Å². The van der Waals surface area contributed by atoms with Gasteiger partial charge in [0.25, 0.3) is 10.0 Å². The lowest BCUT2D eigenvalue weighted by Crippen LogP contribution is -2.21. The van der Waals surface area contributed by atoms with Crippen molar-refractivity contribution >= 4 is 43.5 Å². The maximum atomic E-state index is 13.6. The van der Waals surface area contributed by atoms with Crippen LogP contribution in [0.4, 0.5) is 0 Å². The minimum Gasteiger partial charge on any atom is -0.289 e. The smallest absolute Gasteiger partial charge is 0.269 e. The van der Waals surface area contributed by atoms with E-state index in [9.17, 15) is 18.0 Å². The van der Waals surface area contributed by atoms with E-state index in [4.69, 9.17) is 0 Å². The Labute approximate surface area is 182 Å². The molecule has 0 amide bonds. The second-order valence-corrected chi connectivity index (χ2v) is 9.33. The molecule has 3 aromatic carbocycles. The molecule has 6 nitrogen and oxygen atoms in total. The summed E-state index contributed by atoms with van der Waals surface area (Å²) in [6, 6.07) is 21.3. The Balaban J connectivity index is 1.78. The van der Waals surface area contributed by atoms with Gasteiger partial charge in [-0.25, -0.2) is 17.4 Å². The van der Waals surface area contributed by atoms with Crippen LogP contribution in [0.15, 0.2) is 90.0 Å². The van der Waals surface area contributed by atoms with Crippen molar-refractivity contribution in [3.8, 4) is 0 Å². The van der Waals surface area contributed by atoms with Crippen molar-refractivity contribution in [3.05, 3.63) is 107 Å². The average Bonchev–Trinajstić information content (AvgIpc) is 3.18. The second kappa shape index (κ2) is 6.45. The highest BCUT2D eigenvalue weighted by molar-refractivity contribution is 7.90. The Morgan fingerprint density at radius 2 is 1.38 bits per heavy atom. The summed E-state index contributed by atoms with van der Waals surface area (Å²) in [5, 5.41) is 0.914. The Bertz CT molecular complexity index is 1720. The molecule has 0 radical (unpaired) electrons. The van der Waals surface area contributed by atoms with Crippen LogP contribution in [0.5, 0.6) is 0 Å². The summed E-state index contributed by atoms with van der Waals surface area (Å²) < 4.78 is 28.4. The van der Waals surface area contributed by atoms with Gasteiger partial charge in [0.2, 0.25) is 0 Å². The highest BCUT2D eigenvalue weighted by atomic mass is 32.2. The van der Waals surface area contributed by atoms with E-state index < -0.39 is 10.0 Å². The van der Waals surface area contributed by atoms with Crippen LogP contribution < -0.4 is 0 Å². The monoisotopic (exact) mass is 438 g/mol. The van der Waals surface area contributed by atoms with Crippen molar-refractivity contribution in [2.75, 3.05) is 0 Å². The molecule has 2 heterocycles. The molecule has 5 aromatic rings. The molecule has 6 rings (SSSR count). The lowest BCUT2D eigenvalue weighted by molar-refractivity contribution is 0.0980. The first-order valence-electron chi connectivity index (χ1n) is 9.91. The topological polar surface area (TPSA) is 86.1 Å². The van der Waals surface area contributed by atoms with Crippen molar-refractivity contribution in [3.63, 3.8) is 0 Å². The fraction of sp³-hybridized carbons (Fsp3) is 0. The molecule has 0 spiro atoms. The average molecular weight is 438 g/mol. The van der Waals surface area contributed by atoms with Gasteiger partial charge in [-0.15, -0.1) is 0 Å². The first kappa shape index (κ1) is 18.7. The fourth-order valence-electron chi connectivity index (χ4n) is 4.43. The van der Waals surface area contributed by atoms with E-state index in [1.807, 2.05) is 0 Å². The van der Waals surface area contributed by atoms with Crippen molar-refractivity contribution in [2.24, 2.45) is 0 Å². The predicted octanol–water partition coefficient (Wildman–Crippen LogP) is 4.20. The maximum absolute atomic E-state index is 13.6. The fourth-order valence-corrected chi connectivity index (χ4v) is 5.92. The largest absolute Gasteiger partial charge is 0.289 e. The third kappa shape index (κ3) is 2.34. The molecule has 32 heavy (non-hydrogen) atoms. The summed E-state index contributed by atoms with van der Waals surface area (Å²) in [6.45, 7) is 0. The minimum atomic E-state index is -4.01. The van der Waals surface area contributed by atoms with Gasteiger partial charge in [-0.1, -0.05) is 42.5 Å². The highest BCUT2D eigenvalue weighted by Gasteiger charge is 2.34. The van der Waals surface area contributed by atoms with Gasteiger partial charge in [0, 0.05) is 39.2 Å². The summed E-state index contributed by atoms with van der Waals surface area (Å²) >= 11 is 0. The van der Waals surface area contributed by atoms with E-state index in [1.54, 1.807) is 60.7 Å². The number of fused-ring (bicyclic) bond motifs is 6. The zero-order chi connectivity index (χ0) is 22.0. The summed E-state index contributed by atoms with van der Waals surface area (Å²) in [7, 11) is -4.01. The Morgan fingerprint density at radius 1 is 0.688 bits per heavy atom. The summed E-state index contributed by atoms with van der Waals surface area (Å²) in [4.78, 5) is 31.1. The Morgan fingerprint density at radius 3 is 2.12 bits per heavy atom. The van der Waals surface area contributed by atoms with Crippen LogP contribution >= 0.6 is 0 Å². The van der Waals surface area contributed by atoms with Gasteiger partial charge in [0.15, 0.2) is 17.2 Å². The van der Waals surface area contributed by atoms with Crippen LogP contribution in [0, 0.1) is 0 Å². The molecule has 0 aliphatic heterocycles. The normalized spacial score (nSPS) is 13.4. The second-order valence-electron chi connectivity index (χ2n) is 7.54. The molecule has 1 aliphatic carbocycles. The number of aromatic nitrogens is 2. The van der Waals surface area contributed by atoms with Gasteiger partial charge in [-0.3, -0.25) is 9.59 Å². The number of carbonyl (C=O) groups excluding carboxylic acids is 2. The maximum Gasteiger partial charge on any atom is 0.269 e. The van der Waals surface area contributed by atoms with E-state index in [1.165, 1.54) is 24.4 Å². The van der Waals surface area contributed by atoms with Gasteiger partial charge in [0.05, 0.1) is 10.4 Å². The van der Waals surface area contributed by atoms with Crippen LogP contribution in [0.2, 0.25) is 0 Å². The van der Waals surface area contributed by atoms with Crippen molar-refractivity contribution in [2.45, 2.75) is 4.90 Å². The highest BCUT2D eigenvalue weighted by Crippen LogP contribution is 2.38. The zero-order valence-electron chi connectivity index (χ0n) is 16.5. The lowest BCUT2D eigenvalue weighted by atomic mass is 9.82. The Kier molecular flexibility index (Phi) is 3.76. The molecule has 0 atom stereocenters. The molecule has 2 aromatic heterocycles. The van der Waals surface area contributed by atoms with E-state index in [-0.39, 0.29) is 33.2 Å². The summed E-state index contributed by atoms with van der Waals surface area (Å²) in [5.74, 6) is -0.561. The molecule has 0 N–H and O–H groups in total. The SMILES string of the molecule is O=C1c2ccccc2C(=O)c2c1ccc1c2c2cccnc2n1S(=O)(=O)c1ccccc1. The first-order valence-corrected chi connectivity index (χ1v) is 11.4. The number of pyridine rings is 1. The van der Waals surface area contributed by atoms with Crippen LogP contribution in [-0.4, -0.2) is 28.9 Å². The third-order valence-corrected chi connectivity index (χ3v) is 7.54. The molecular weight excluding hydrogens is 424 g/mol. The van der Waals surface area contributed by atoms with Crippen molar-refractivity contribution < 1.29 is 18.0 Å². The molecule has 7 heteroatoms. The number of ketones is 2. The van der Waals surface area contributed by atoms with Gasteiger partial charge in [0.1, 0.15) is 0 Å². The molecule has 0 bridgehead atoms.